The second kappa shape index (κ2) is 5.48. The van der Waals surface area contributed by atoms with Crippen LogP contribution in [0.25, 0.3) is 0 Å². The van der Waals surface area contributed by atoms with Crippen molar-refractivity contribution in [3.63, 3.8) is 0 Å². The molecule has 96 valence electrons. The molecule has 2 amide bonds. The van der Waals surface area contributed by atoms with Crippen LogP contribution in [0.15, 0.2) is 17.2 Å². The molecule has 0 saturated heterocycles. The van der Waals surface area contributed by atoms with E-state index < -0.39 is 22.4 Å². The summed E-state index contributed by atoms with van der Waals surface area (Å²) < 4.78 is 4.84. The van der Waals surface area contributed by atoms with E-state index in [2.05, 4.69) is 5.10 Å². The minimum Gasteiger partial charge on any atom is -0.502 e. The fourth-order valence-electron chi connectivity index (χ4n) is 1.14. The molecule has 0 atom stereocenters. The predicted molar refractivity (Wildman–Crippen MR) is 61.6 cm³/mol. The van der Waals surface area contributed by atoms with Gasteiger partial charge in [-0.2, -0.15) is 5.10 Å². The summed E-state index contributed by atoms with van der Waals surface area (Å²) in [5, 5.41) is 23.7. The van der Waals surface area contributed by atoms with Crippen molar-refractivity contribution in [1.82, 2.24) is 5.43 Å². The number of nitro benzene ring substituents is 1. The number of primary amides is 1. The zero-order valence-corrected chi connectivity index (χ0v) is 9.28. The van der Waals surface area contributed by atoms with Gasteiger partial charge in [0.1, 0.15) is 5.75 Å². The molecular weight excluding hydrogens is 244 g/mol. The highest BCUT2D eigenvalue weighted by Crippen LogP contribution is 2.33. The van der Waals surface area contributed by atoms with Crippen LogP contribution in [0.3, 0.4) is 0 Å². The molecule has 0 aliphatic rings. The summed E-state index contributed by atoms with van der Waals surface area (Å²) in [5.74, 6) is -0.421. The molecule has 9 nitrogen and oxygen atoms in total. The average Bonchev–Trinajstić information content (AvgIpc) is 2.30. The van der Waals surface area contributed by atoms with Crippen molar-refractivity contribution in [1.29, 1.82) is 0 Å². The summed E-state index contributed by atoms with van der Waals surface area (Å²) in [6, 6.07) is 1.48. The number of carbonyl (C=O) groups excluding carboxylic acids is 1. The topological polar surface area (TPSA) is 140 Å². The summed E-state index contributed by atoms with van der Waals surface area (Å²) in [4.78, 5) is 20.3. The number of phenolic OH excluding ortho intramolecular Hbond substituents is 1. The highest BCUT2D eigenvalue weighted by molar-refractivity contribution is 5.87. The molecule has 0 aromatic heterocycles. The first kappa shape index (κ1) is 13.2. The van der Waals surface area contributed by atoms with Crippen molar-refractivity contribution in [2.45, 2.75) is 0 Å². The predicted octanol–water partition coefficient (Wildman–Crippen LogP) is 0.311. The Kier molecular flexibility index (Phi) is 4.02. The molecule has 0 radical (unpaired) electrons. The standard InChI is InChI=1S/C9H10N4O5/c1-18-6-2-5(4-11-12-9(10)15)8(14)7(3-6)13(16)17/h2-4,14H,1H3,(H3,10,12,15)/b11-4+. The number of rotatable bonds is 4. The van der Waals surface area contributed by atoms with Gasteiger partial charge in [-0.25, -0.2) is 10.2 Å². The number of hydrazone groups is 1. The maximum absolute atomic E-state index is 10.7. The fourth-order valence-corrected chi connectivity index (χ4v) is 1.14. The Morgan fingerprint density at radius 3 is 2.83 bits per heavy atom. The van der Waals surface area contributed by atoms with Crippen LogP contribution in [0.4, 0.5) is 10.5 Å². The van der Waals surface area contributed by atoms with E-state index in [1.54, 1.807) is 0 Å². The first-order chi connectivity index (χ1) is 8.45. The van der Waals surface area contributed by atoms with Crippen molar-refractivity contribution < 1.29 is 19.6 Å². The molecule has 0 aliphatic heterocycles. The van der Waals surface area contributed by atoms with Crippen LogP contribution in [-0.4, -0.2) is 29.4 Å². The number of nitro groups is 1. The molecule has 18 heavy (non-hydrogen) atoms. The molecule has 0 saturated carbocycles. The van der Waals surface area contributed by atoms with E-state index in [0.29, 0.717) is 0 Å². The third-order valence-electron chi connectivity index (χ3n) is 1.90. The number of carbonyl (C=O) groups is 1. The van der Waals surface area contributed by atoms with Gasteiger partial charge in [0.2, 0.25) is 5.75 Å². The van der Waals surface area contributed by atoms with E-state index in [-0.39, 0.29) is 11.3 Å². The van der Waals surface area contributed by atoms with E-state index in [9.17, 15) is 20.0 Å². The molecule has 1 rings (SSSR count). The van der Waals surface area contributed by atoms with Gasteiger partial charge in [-0.15, -0.1) is 0 Å². The van der Waals surface area contributed by atoms with Crippen molar-refractivity contribution in [2.24, 2.45) is 10.8 Å². The van der Waals surface area contributed by atoms with Crippen LogP contribution in [0, 0.1) is 10.1 Å². The van der Waals surface area contributed by atoms with Gasteiger partial charge in [0.25, 0.3) is 0 Å². The summed E-state index contributed by atoms with van der Waals surface area (Å²) in [7, 11) is 1.32. The number of ether oxygens (including phenoxy) is 1. The third kappa shape index (κ3) is 3.07. The smallest absolute Gasteiger partial charge is 0.332 e. The van der Waals surface area contributed by atoms with Crippen LogP contribution in [-0.2, 0) is 0 Å². The van der Waals surface area contributed by atoms with Crippen LogP contribution in [0.2, 0.25) is 0 Å². The normalized spacial score (nSPS) is 10.3. The number of urea groups is 1. The number of methoxy groups -OCH3 is 1. The molecular formula is C9H10N4O5. The molecule has 0 aliphatic carbocycles. The van der Waals surface area contributed by atoms with E-state index in [0.717, 1.165) is 12.3 Å². The van der Waals surface area contributed by atoms with Crippen LogP contribution in [0.1, 0.15) is 5.56 Å². The summed E-state index contributed by atoms with van der Waals surface area (Å²) in [5.41, 5.74) is 6.14. The molecule has 4 N–H and O–H groups in total. The number of amides is 2. The zero-order chi connectivity index (χ0) is 13.7. The minimum atomic E-state index is -0.900. The number of hydrogen-bond donors (Lipinski definition) is 3. The number of nitrogens with zero attached hydrogens (tertiary/aromatic N) is 2. The van der Waals surface area contributed by atoms with E-state index in [1.165, 1.54) is 13.2 Å². The van der Waals surface area contributed by atoms with Gasteiger partial charge >= 0.3 is 11.7 Å². The molecule has 0 spiro atoms. The van der Waals surface area contributed by atoms with Gasteiger partial charge in [-0.3, -0.25) is 10.1 Å². The monoisotopic (exact) mass is 254 g/mol. The molecule has 1 aromatic carbocycles. The average molecular weight is 254 g/mol. The number of benzene rings is 1. The van der Waals surface area contributed by atoms with Gasteiger partial charge in [-0.1, -0.05) is 0 Å². The Labute approximate surface area is 101 Å². The zero-order valence-electron chi connectivity index (χ0n) is 9.28. The van der Waals surface area contributed by atoms with Crippen LogP contribution in [0.5, 0.6) is 11.5 Å². The number of aromatic hydroxyl groups is 1. The van der Waals surface area contributed by atoms with Gasteiger partial charge in [-0.05, 0) is 6.07 Å². The van der Waals surface area contributed by atoms with Gasteiger partial charge in [0.05, 0.1) is 24.3 Å². The Bertz CT molecular complexity index is 514. The van der Waals surface area contributed by atoms with Crippen molar-refractivity contribution >= 4 is 17.9 Å². The maximum atomic E-state index is 10.7. The number of nitrogens with two attached hydrogens (primary N) is 1. The third-order valence-corrected chi connectivity index (χ3v) is 1.90. The molecule has 0 unspecified atom stereocenters. The van der Waals surface area contributed by atoms with Gasteiger partial charge in [0, 0.05) is 5.56 Å². The lowest BCUT2D eigenvalue weighted by atomic mass is 10.1. The molecule has 0 heterocycles. The first-order valence-electron chi connectivity index (χ1n) is 4.59. The molecule has 0 fully saturated rings. The van der Waals surface area contributed by atoms with Gasteiger partial charge in [0.15, 0.2) is 0 Å². The molecule has 1 aromatic rings. The van der Waals surface area contributed by atoms with Crippen molar-refractivity contribution in [2.75, 3.05) is 7.11 Å². The quantitative estimate of drug-likeness (QED) is 0.403. The lowest BCUT2D eigenvalue weighted by Gasteiger charge is -2.04. The Morgan fingerprint density at radius 1 is 1.67 bits per heavy atom. The minimum absolute atomic E-state index is 0.00907. The molecule has 0 bridgehead atoms. The lowest BCUT2D eigenvalue weighted by Crippen LogP contribution is -2.24. The van der Waals surface area contributed by atoms with E-state index in [4.69, 9.17) is 10.5 Å². The number of hydrogen-bond acceptors (Lipinski definition) is 6. The number of phenols is 1. The van der Waals surface area contributed by atoms with E-state index >= 15 is 0 Å². The highest BCUT2D eigenvalue weighted by atomic mass is 16.6. The van der Waals surface area contributed by atoms with Crippen molar-refractivity contribution in [3.05, 3.63) is 27.8 Å². The summed E-state index contributed by atoms with van der Waals surface area (Å²) in [6.07, 6.45) is 1.01. The maximum Gasteiger partial charge on any atom is 0.332 e. The Balaban J connectivity index is 3.17. The second-order valence-electron chi connectivity index (χ2n) is 3.08. The van der Waals surface area contributed by atoms with Gasteiger partial charge < -0.3 is 15.6 Å². The number of nitrogens with one attached hydrogen (secondary N) is 1. The van der Waals surface area contributed by atoms with E-state index in [1.807, 2.05) is 5.43 Å². The second-order valence-corrected chi connectivity index (χ2v) is 3.08. The fraction of sp³-hybridized carbons (Fsp3) is 0.111. The lowest BCUT2D eigenvalue weighted by molar-refractivity contribution is -0.385. The summed E-state index contributed by atoms with van der Waals surface area (Å²) >= 11 is 0. The van der Waals surface area contributed by atoms with Crippen LogP contribution >= 0.6 is 0 Å². The summed E-state index contributed by atoms with van der Waals surface area (Å²) in [6.45, 7) is 0. The van der Waals surface area contributed by atoms with Crippen LogP contribution < -0.4 is 15.9 Å². The first-order valence-corrected chi connectivity index (χ1v) is 4.59. The highest BCUT2D eigenvalue weighted by Gasteiger charge is 2.18. The largest absolute Gasteiger partial charge is 0.502 e. The molecule has 9 heteroatoms. The Hall–Kier alpha value is -2.84. The Morgan fingerprint density at radius 2 is 2.33 bits per heavy atom. The van der Waals surface area contributed by atoms with Crippen molar-refractivity contribution in [3.8, 4) is 11.5 Å². The SMILES string of the molecule is COc1cc(/C=N/NC(N)=O)c(O)c([N+](=O)[O-])c1.